The zero-order valence-electron chi connectivity index (χ0n) is 2.76. The van der Waals surface area contributed by atoms with Gasteiger partial charge in [-0.15, -0.1) is 0 Å². The standard InChI is InChI=1S/CN.K.Ni.H2O/c1-2;;;/h;;;1H2/q-1;+1;;. The van der Waals surface area contributed by atoms with Gasteiger partial charge in [0.15, 0.2) is 0 Å². The second-order valence-corrected chi connectivity index (χ2v) is 0. The van der Waals surface area contributed by atoms with Crippen LogP contribution in [0.3, 0.4) is 0 Å². The minimum atomic E-state index is 0. The molecular weight excluding hydrogens is 140 g/mol. The Kier molecular flexibility index (Phi) is 289. The Labute approximate surface area is 83.6 Å². The molecule has 0 aliphatic carbocycles. The van der Waals surface area contributed by atoms with E-state index in [1.165, 1.54) is 0 Å². The van der Waals surface area contributed by atoms with Gasteiger partial charge < -0.3 is 17.3 Å². The average molecular weight is 142 g/mol. The fourth-order valence-electron chi connectivity index (χ4n) is 0. The van der Waals surface area contributed by atoms with Crippen LogP contribution in [0.1, 0.15) is 0 Å². The van der Waals surface area contributed by atoms with Gasteiger partial charge in [-0.25, -0.2) is 0 Å². The van der Waals surface area contributed by atoms with Gasteiger partial charge in [0.25, 0.3) is 0 Å². The summed E-state index contributed by atoms with van der Waals surface area (Å²) in [5, 5.41) is 6.25. The number of rotatable bonds is 0. The van der Waals surface area contributed by atoms with Crippen molar-refractivity contribution in [3.63, 3.8) is 0 Å². The van der Waals surface area contributed by atoms with Gasteiger partial charge in [0, 0.05) is 16.5 Å². The molecule has 0 aromatic rings. The van der Waals surface area contributed by atoms with Gasteiger partial charge in [-0.2, -0.15) is 0 Å². The van der Waals surface area contributed by atoms with Crippen molar-refractivity contribution in [2.75, 3.05) is 0 Å². The fraction of sp³-hybridized carbons (Fsp3) is 0. The summed E-state index contributed by atoms with van der Waals surface area (Å²) in [5.74, 6) is 0. The molecule has 0 saturated carbocycles. The van der Waals surface area contributed by atoms with Crippen LogP contribution in [0.15, 0.2) is 0 Å². The predicted molar refractivity (Wildman–Crippen MR) is 8.58 cm³/mol. The van der Waals surface area contributed by atoms with Crippen molar-refractivity contribution in [2.24, 2.45) is 0 Å². The van der Waals surface area contributed by atoms with Gasteiger partial charge >= 0.3 is 51.4 Å². The molecular formula is CH2KNNiO. The van der Waals surface area contributed by atoms with Crippen molar-refractivity contribution in [2.45, 2.75) is 0 Å². The Morgan fingerprint density at radius 1 is 1.20 bits per heavy atom. The monoisotopic (exact) mass is 141 g/mol. The Bertz CT molecular complexity index is 16.4. The number of nitrogens with zero attached hydrogens (tertiary/aromatic N) is 1. The summed E-state index contributed by atoms with van der Waals surface area (Å²) in [5.41, 5.74) is 0. The molecule has 4 heteroatoms. The van der Waals surface area contributed by atoms with E-state index in [1.54, 1.807) is 0 Å². The van der Waals surface area contributed by atoms with Crippen molar-refractivity contribution >= 4 is 0 Å². The van der Waals surface area contributed by atoms with Gasteiger partial charge in [0.05, 0.1) is 0 Å². The first kappa shape index (κ1) is 30.8. The Morgan fingerprint density at radius 3 is 1.20 bits per heavy atom. The molecule has 0 unspecified atom stereocenters. The van der Waals surface area contributed by atoms with Crippen molar-refractivity contribution in [3.8, 4) is 0 Å². The fourth-order valence-corrected chi connectivity index (χ4v) is 0. The molecule has 0 spiro atoms. The van der Waals surface area contributed by atoms with Gasteiger partial charge in [-0.05, 0) is 0 Å². The first-order valence-electron chi connectivity index (χ1n) is 0.224. The zero-order chi connectivity index (χ0) is 2.00. The van der Waals surface area contributed by atoms with Crippen LogP contribution in [-0.4, -0.2) is 5.48 Å². The topological polar surface area (TPSA) is 55.3 Å². The number of hydrogen-bond acceptors (Lipinski definition) is 1. The van der Waals surface area contributed by atoms with E-state index in [0.29, 0.717) is 0 Å². The molecule has 0 bridgehead atoms. The maximum atomic E-state index is 6.25. The van der Waals surface area contributed by atoms with E-state index in [2.05, 4.69) is 0 Å². The van der Waals surface area contributed by atoms with Crippen LogP contribution in [0.25, 0.3) is 0 Å². The Morgan fingerprint density at radius 2 is 1.20 bits per heavy atom. The van der Waals surface area contributed by atoms with Crippen LogP contribution in [-0.2, 0) is 16.5 Å². The summed E-state index contributed by atoms with van der Waals surface area (Å²) in [6.07, 6.45) is 0. The smallest absolute Gasteiger partial charge is 0.512 e. The molecule has 0 atom stereocenters. The molecule has 0 radical (unpaired) electrons. The molecule has 0 fully saturated rings. The average Bonchev–Trinajstić information content (AvgIpc) is 1.00. The molecule has 2 nitrogen and oxygen atoms in total. The molecule has 0 heterocycles. The zero-order valence-corrected chi connectivity index (χ0v) is 6.87. The Hall–Kier alpha value is 1.58. The molecule has 28 valence electrons. The molecule has 0 aromatic carbocycles. The van der Waals surface area contributed by atoms with E-state index >= 15 is 0 Å². The minimum absolute atomic E-state index is 0. The van der Waals surface area contributed by atoms with Crippen molar-refractivity contribution < 1.29 is 73.4 Å². The largest absolute Gasteiger partial charge is 1.00 e. The van der Waals surface area contributed by atoms with Gasteiger partial charge in [0.2, 0.25) is 0 Å². The molecule has 5 heavy (non-hydrogen) atoms. The van der Waals surface area contributed by atoms with E-state index in [0.717, 1.165) is 0 Å². The van der Waals surface area contributed by atoms with Crippen LogP contribution < -0.4 is 51.4 Å². The molecule has 0 aliphatic heterocycles. The Balaban J connectivity index is -0.00000000167. The summed E-state index contributed by atoms with van der Waals surface area (Å²) < 4.78 is 0. The minimum Gasteiger partial charge on any atom is -0.512 e. The summed E-state index contributed by atoms with van der Waals surface area (Å²) in [7, 11) is 0. The second kappa shape index (κ2) is 46.9. The molecule has 0 rings (SSSR count). The van der Waals surface area contributed by atoms with Crippen molar-refractivity contribution in [1.29, 1.82) is 5.26 Å². The maximum Gasteiger partial charge on any atom is 1.00 e. The van der Waals surface area contributed by atoms with Gasteiger partial charge in [-0.1, -0.05) is 0 Å². The van der Waals surface area contributed by atoms with E-state index in [4.69, 9.17) is 11.8 Å². The van der Waals surface area contributed by atoms with Crippen LogP contribution in [0.4, 0.5) is 0 Å². The van der Waals surface area contributed by atoms with E-state index in [9.17, 15) is 0 Å². The van der Waals surface area contributed by atoms with Crippen LogP contribution >= 0.6 is 0 Å². The summed E-state index contributed by atoms with van der Waals surface area (Å²) in [6.45, 7) is 4.75. The molecule has 0 amide bonds. The van der Waals surface area contributed by atoms with E-state index < -0.39 is 0 Å². The van der Waals surface area contributed by atoms with Gasteiger partial charge in [0.1, 0.15) is 0 Å². The van der Waals surface area contributed by atoms with Crippen LogP contribution in [0.2, 0.25) is 0 Å². The first-order chi connectivity index (χ1) is 1.00. The maximum absolute atomic E-state index is 6.25. The molecule has 0 saturated heterocycles. The number of hydrogen-bond donors (Lipinski definition) is 0. The third kappa shape index (κ3) is 28.6. The summed E-state index contributed by atoms with van der Waals surface area (Å²) in [4.78, 5) is 0. The third-order valence-electron chi connectivity index (χ3n) is 0. The quantitative estimate of drug-likeness (QED) is 0.253. The summed E-state index contributed by atoms with van der Waals surface area (Å²) in [6, 6.07) is 0. The summed E-state index contributed by atoms with van der Waals surface area (Å²) >= 11 is 0. The SMILES string of the molecule is O.[C-]#N.[K+].[Ni]. The molecule has 0 aliphatic rings. The molecule has 0 aromatic heterocycles. The van der Waals surface area contributed by atoms with Gasteiger partial charge in [-0.3, -0.25) is 0 Å². The normalized spacial score (nSPS) is 0.400. The van der Waals surface area contributed by atoms with E-state index in [1.807, 2.05) is 0 Å². The second-order valence-electron chi connectivity index (χ2n) is 0. The molecule has 2 N–H and O–H groups in total. The van der Waals surface area contributed by atoms with Crippen LogP contribution in [0, 0.1) is 11.8 Å². The van der Waals surface area contributed by atoms with E-state index in [-0.39, 0.29) is 73.4 Å². The van der Waals surface area contributed by atoms with Crippen molar-refractivity contribution in [3.05, 3.63) is 6.57 Å². The first-order valence-corrected chi connectivity index (χ1v) is 0.224. The third-order valence-corrected chi connectivity index (χ3v) is 0. The van der Waals surface area contributed by atoms with Crippen molar-refractivity contribution in [1.82, 2.24) is 0 Å². The van der Waals surface area contributed by atoms with Crippen LogP contribution in [0.5, 0.6) is 0 Å². The predicted octanol–water partition coefficient (Wildman–Crippen LogP) is -3.73.